The number of carbonyl (C=O) groups excluding carboxylic acids is 1. The highest BCUT2D eigenvalue weighted by molar-refractivity contribution is 5.97. The quantitative estimate of drug-likeness (QED) is 0.557. The monoisotopic (exact) mass is 363 g/mol. The summed E-state index contributed by atoms with van der Waals surface area (Å²) < 4.78 is 11.8. The van der Waals surface area contributed by atoms with Crippen LogP contribution in [-0.4, -0.2) is 27.6 Å². The first-order chi connectivity index (χ1) is 13.0. The lowest BCUT2D eigenvalue weighted by Crippen LogP contribution is -2.26. The van der Waals surface area contributed by atoms with Gasteiger partial charge >= 0.3 is 5.76 Å². The van der Waals surface area contributed by atoms with Crippen LogP contribution in [0.5, 0.6) is 0 Å². The molecule has 7 nitrogen and oxygen atoms in total. The molecule has 2 heterocycles. The van der Waals surface area contributed by atoms with Crippen LogP contribution in [0.1, 0.15) is 16.1 Å². The topological polar surface area (TPSA) is 81.5 Å². The van der Waals surface area contributed by atoms with Crippen molar-refractivity contribution < 1.29 is 13.7 Å². The first-order valence-corrected chi connectivity index (χ1v) is 8.39. The average molecular weight is 363 g/mol. The summed E-state index contributed by atoms with van der Waals surface area (Å²) in [5.41, 5.74) is 3.07. The smallest absolute Gasteiger partial charge is 0.408 e. The van der Waals surface area contributed by atoms with Crippen LogP contribution in [0.4, 0.5) is 0 Å². The van der Waals surface area contributed by atoms with Crippen molar-refractivity contribution in [1.82, 2.24) is 14.6 Å². The van der Waals surface area contributed by atoms with Crippen LogP contribution in [0.15, 0.2) is 68.3 Å². The Bertz CT molecular complexity index is 1170. The maximum atomic E-state index is 12.7. The van der Waals surface area contributed by atoms with Crippen molar-refractivity contribution in [3.05, 3.63) is 76.4 Å². The summed E-state index contributed by atoms with van der Waals surface area (Å²) in [6, 6.07) is 16.4. The molecule has 27 heavy (non-hydrogen) atoms. The first kappa shape index (κ1) is 16.8. The van der Waals surface area contributed by atoms with E-state index in [2.05, 4.69) is 5.16 Å². The highest BCUT2D eigenvalue weighted by atomic mass is 16.5. The number of aromatic nitrogens is 2. The van der Waals surface area contributed by atoms with Crippen LogP contribution in [-0.2, 0) is 13.6 Å². The van der Waals surface area contributed by atoms with Gasteiger partial charge in [-0.25, -0.2) is 4.79 Å². The molecule has 1 amide bonds. The molecule has 0 aliphatic heterocycles. The number of nitrogens with zero attached hydrogens (tertiary/aromatic N) is 3. The van der Waals surface area contributed by atoms with Crippen molar-refractivity contribution in [1.29, 1.82) is 0 Å². The van der Waals surface area contributed by atoms with Crippen molar-refractivity contribution in [3.63, 3.8) is 0 Å². The van der Waals surface area contributed by atoms with Gasteiger partial charge in [0.1, 0.15) is 5.69 Å². The molecule has 0 atom stereocenters. The van der Waals surface area contributed by atoms with Gasteiger partial charge in [-0.1, -0.05) is 35.5 Å². The highest BCUT2D eigenvalue weighted by Crippen LogP contribution is 2.21. The van der Waals surface area contributed by atoms with Crippen molar-refractivity contribution >= 4 is 17.0 Å². The average Bonchev–Trinajstić information content (AvgIpc) is 3.26. The molecule has 0 aliphatic carbocycles. The third kappa shape index (κ3) is 3.15. The van der Waals surface area contributed by atoms with E-state index in [0.29, 0.717) is 34.7 Å². The molecule has 0 N–H and O–H groups in total. The molecule has 2 aromatic heterocycles. The standard InChI is InChI=1S/C20H17N3O4/c1-22(12-15-11-18(27-21-15)13-6-4-3-5-7-13)19(24)14-8-9-17-16(10-14)23(2)20(25)26-17/h3-11H,12H2,1-2H3. The molecule has 136 valence electrons. The largest absolute Gasteiger partial charge is 0.419 e. The van der Waals surface area contributed by atoms with Crippen molar-refractivity contribution in [2.45, 2.75) is 6.54 Å². The Morgan fingerprint density at radius 2 is 1.93 bits per heavy atom. The molecule has 0 aliphatic rings. The number of aryl methyl sites for hydroxylation is 1. The number of benzene rings is 2. The first-order valence-electron chi connectivity index (χ1n) is 8.39. The summed E-state index contributed by atoms with van der Waals surface area (Å²) in [5.74, 6) is 0.00932. The van der Waals surface area contributed by atoms with Gasteiger partial charge in [-0.2, -0.15) is 0 Å². The van der Waals surface area contributed by atoms with Gasteiger partial charge in [0.15, 0.2) is 11.3 Å². The number of hydrogen-bond donors (Lipinski definition) is 0. The second-order valence-electron chi connectivity index (χ2n) is 6.32. The Balaban J connectivity index is 1.54. The van der Waals surface area contributed by atoms with Gasteiger partial charge in [-0.15, -0.1) is 0 Å². The van der Waals surface area contributed by atoms with E-state index in [9.17, 15) is 9.59 Å². The van der Waals surface area contributed by atoms with Gasteiger partial charge < -0.3 is 13.8 Å². The van der Waals surface area contributed by atoms with Crippen LogP contribution in [0.3, 0.4) is 0 Å². The summed E-state index contributed by atoms with van der Waals surface area (Å²) in [7, 11) is 3.30. The zero-order valence-corrected chi connectivity index (χ0v) is 14.9. The molecule has 4 aromatic rings. The molecule has 0 unspecified atom stereocenters. The molecule has 2 aromatic carbocycles. The van der Waals surface area contributed by atoms with E-state index in [-0.39, 0.29) is 5.91 Å². The summed E-state index contributed by atoms with van der Waals surface area (Å²) in [6.07, 6.45) is 0. The molecule has 0 saturated carbocycles. The third-order valence-electron chi connectivity index (χ3n) is 4.40. The number of rotatable bonds is 4. The summed E-state index contributed by atoms with van der Waals surface area (Å²) in [5, 5.41) is 4.05. The number of oxazole rings is 1. The van der Waals surface area contributed by atoms with E-state index < -0.39 is 5.76 Å². The summed E-state index contributed by atoms with van der Waals surface area (Å²) in [6.45, 7) is 0.303. The van der Waals surface area contributed by atoms with Crippen LogP contribution in [0.2, 0.25) is 0 Å². The predicted octanol–water partition coefficient (Wildman–Crippen LogP) is 3.06. The number of amides is 1. The van der Waals surface area contributed by atoms with Gasteiger partial charge in [0, 0.05) is 31.3 Å². The zero-order valence-electron chi connectivity index (χ0n) is 14.9. The van der Waals surface area contributed by atoms with Crippen molar-refractivity contribution in [3.8, 4) is 11.3 Å². The second-order valence-corrected chi connectivity index (χ2v) is 6.32. The SMILES string of the molecule is CN(Cc1cc(-c2ccccc2)on1)C(=O)c1ccc2oc(=O)n(C)c2c1. The molecular formula is C20H17N3O4. The van der Waals surface area contributed by atoms with E-state index >= 15 is 0 Å². The minimum Gasteiger partial charge on any atom is -0.408 e. The van der Waals surface area contributed by atoms with Crippen LogP contribution >= 0.6 is 0 Å². The molecule has 0 fully saturated rings. The van der Waals surface area contributed by atoms with Gasteiger partial charge in [0.25, 0.3) is 5.91 Å². The number of carbonyl (C=O) groups is 1. The molecular weight excluding hydrogens is 346 g/mol. The lowest BCUT2D eigenvalue weighted by Gasteiger charge is -2.15. The van der Waals surface area contributed by atoms with Gasteiger partial charge in [-0.05, 0) is 18.2 Å². The van der Waals surface area contributed by atoms with E-state index in [1.165, 1.54) is 4.57 Å². The molecule has 0 radical (unpaired) electrons. The lowest BCUT2D eigenvalue weighted by atomic mass is 10.1. The number of hydrogen-bond acceptors (Lipinski definition) is 5. The second kappa shape index (κ2) is 6.60. The van der Waals surface area contributed by atoms with Crippen LogP contribution in [0, 0.1) is 0 Å². The maximum absolute atomic E-state index is 12.7. The van der Waals surface area contributed by atoms with E-state index in [1.807, 2.05) is 36.4 Å². The Morgan fingerprint density at radius 3 is 2.70 bits per heavy atom. The molecule has 0 saturated heterocycles. The minimum atomic E-state index is -0.459. The van der Waals surface area contributed by atoms with Crippen LogP contribution < -0.4 is 5.76 Å². The summed E-state index contributed by atoms with van der Waals surface area (Å²) in [4.78, 5) is 25.9. The van der Waals surface area contributed by atoms with E-state index in [4.69, 9.17) is 8.94 Å². The maximum Gasteiger partial charge on any atom is 0.419 e. The van der Waals surface area contributed by atoms with Gasteiger partial charge in [0.2, 0.25) is 0 Å². The fraction of sp³-hybridized carbons (Fsp3) is 0.150. The normalized spacial score (nSPS) is 11.0. The Labute approximate surface area is 154 Å². The molecule has 0 bridgehead atoms. The molecule has 4 rings (SSSR count). The van der Waals surface area contributed by atoms with Gasteiger partial charge in [0.05, 0.1) is 12.1 Å². The Hall–Kier alpha value is -3.61. The predicted molar refractivity (Wildman–Crippen MR) is 99.2 cm³/mol. The third-order valence-corrected chi connectivity index (χ3v) is 4.40. The van der Waals surface area contributed by atoms with Gasteiger partial charge in [-0.3, -0.25) is 9.36 Å². The van der Waals surface area contributed by atoms with Crippen molar-refractivity contribution in [2.75, 3.05) is 7.05 Å². The zero-order chi connectivity index (χ0) is 19.0. The van der Waals surface area contributed by atoms with E-state index in [1.54, 1.807) is 37.2 Å². The Kier molecular flexibility index (Phi) is 4.12. The fourth-order valence-electron chi connectivity index (χ4n) is 2.92. The Morgan fingerprint density at radius 1 is 1.15 bits per heavy atom. The summed E-state index contributed by atoms with van der Waals surface area (Å²) >= 11 is 0. The van der Waals surface area contributed by atoms with Crippen LogP contribution in [0.25, 0.3) is 22.4 Å². The lowest BCUT2D eigenvalue weighted by molar-refractivity contribution is 0.0782. The van der Waals surface area contributed by atoms with Crippen molar-refractivity contribution in [2.24, 2.45) is 7.05 Å². The molecule has 7 heteroatoms. The number of fused-ring (bicyclic) bond motifs is 1. The highest BCUT2D eigenvalue weighted by Gasteiger charge is 2.17. The fourth-order valence-corrected chi connectivity index (χ4v) is 2.92. The van der Waals surface area contributed by atoms with E-state index in [0.717, 1.165) is 5.56 Å². The minimum absolute atomic E-state index is 0.185. The molecule has 0 spiro atoms.